The number of guanidine groups is 1. The average Bonchev–Trinajstić information content (AvgIpc) is 2.78. The summed E-state index contributed by atoms with van der Waals surface area (Å²) < 4.78 is 0. The van der Waals surface area contributed by atoms with E-state index in [1.807, 2.05) is 19.3 Å². The molecule has 0 saturated carbocycles. The lowest BCUT2D eigenvalue weighted by Gasteiger charge is -2.32. The van der Waals surface area contributed by atoms with Crippen LogP contribution in [0.2, 0.25) is 0 Å². The third-order valence-electron chi connectivity index (χ3n) is 5.59. The van der Waals surface area contributed by atoms with Crippen LogP contribution in [-0.2, 0) is 13.1 Å². The number of hydrogen-bond acceptors (Lipinski definition) is 3. The summed E-state index contributed by atoms with van der Waals surface area (Å²) in [5.74, 6) is 0.876. The van der Waals surface area contributed by atoms with E-state index in [1.165, 1.54) is 16.3 Å². The van der Waals surface area contributed by atoms with Crippen LogP contribution in [0.15, 0.2) is 71.9 Å². The van der Waals surface area contributed by atoms with Crippen LogP contribution in [0.4, 0.5) is 0 Å². The number of nitrogens with zero attached hydrogens (tertiary/aromatic N) is 3. The van der Waals surface area contributed by atoms with Gasteiger partial charge in [-0.05, 0) is 41.3 Å². The highest BCUT2D eigenvalue weighted by Crippen LogP contribution is 2.18. The first-order valence-corrected chi connectivity index (χ1v) is 10.4. The SMILES string of the molecule is CN=C(NCc1cccc2ccccc12)NC1CCN(Cc2ccccn2)CC1.I. The third-order valence-corrected chi connectivity index (χ3v) is 5.59. The van der Waals surface area contributed by atoms with E-state index in [2.05, 4.69) is 80.1 Å². The maximum atomic E-state index is 4.44. The van der Waals surface area contributed by atoms with E-state index in [0.29, 0.717) is 6.04 Å². The molecule has 1 aromatic heterocycles. The number of fused-ring (bicyclic) bond motifs is 1. The molecule has 6 heteroatoms. The van der Waals surface area contributed by atoms with Gasteiger partial charge in [0.1, 0.15) is 0 Å². The molecule has 1 fully saturated rings. The Morgan fingerprint density at radius 3 is 2.57 bits per heavy atom. The molecule has 2 heterocycles. The molecule has 0 spiro atoms. The average molecular weight is 515 g/mol. The summed E-state index contributed by atoms with van der Waals surface area (Å²) in [5.41, 5.74) is 2.43. The largest absolute Gasteiger partial charge is 0.354 e. The maximum Gasteiger partial charge on any atom is 0.191 e. The van der Waals surface area contributed by atoms with Crippen molar-refractivity contribution in [3.05, 3.63) is 78.1 Å². The van der Waals surface area contributed by atoms with Gasteiger partial charge in [0.25, 0.3) is 0 Å². The number of rotatable bonds is 5. The van der Waals surface area contributed by atoms with Gasteiger partial charge in [0.05, 0.1) is 5.69 Å². The molecule has 3 aromatic rings. The van der Waals surface area contributed by atoms with Gasteiger partial charge in [0.2, 0.25) is 0 Å². The zero-order valence-corrected chi connectivity index (χ0v) is 19.8. The smallest absolute Gasteiger partial charge is 0.191 e. The van der Waals surface area contributed by atoms with Crippen LogP contribution in [0, 0.1) is 0 Å². The Morgan fingerprint density at radius 1 is 1.03 bits per heavy atom. The minimum atomic E-state index is 0. The summed E-state index contributed by atoms with van der Waals surface area (Å²) in [6, 6.07) is 21.6. The van der Waals surface area contributed by atoms with E-state index in [0.717, 1.165) is 50.7 Å². The molecule has 0 aliphatic carbocycles. The molecule has 0 unspecified atom stereocenters. The van der Waals surface area contributed by atoms with Gasteiger partial charge in [0, 0.05) is 45.5 Å². The van der Waals surface area contributed by atoms with Crippen LogP contribution < -0.4 is 10.6 Å². The van der Waals surface area contributed by atoms with Crippen molar-refractivity contribution in [2.75, 3.05) is 20.1 Å². The zero-order valence-electron chi connectivity index (χ0n) is 17.4. The highest BCUT2D eigenvalue weighted by molar-refractivity contribution is 14.0. The van der Waals surface area contributed by atoms with Crippen molar-refractivity contribution in [3.63, 3.8) is 0 Å². The molecule has 1 aliphatic rings. The number of pyridine rings is 1. The van der Waals surface area contributed by atoms with E-state index < -0.39 is 0 Å². The predicted octanol–water partition coefficient (Wildman–Crippen LogP) is 4.18. The third kappa shape index (κ3) is 5.92. The van der Waals surface area contributed by atoms with Crippen LogP contribution >= 0.6 is 24.0 Å². The molecule has 0 atom stereocenters. The van der Waals surface area contributed by atoms with Crippen molar-refractivity contribution in [1.82, 2.24) is 20.5 Å². The molecular weight excluding hydrogens is 485 g/mol. The lowest BCUT2D eigenvalue weighted by molar-refractivity contribution is 0.196. The van der Waals surface area contributed by atoms with Crippen molar-refractivity contribution in [2.45, 2.75) is 32.0 Å². The Balaban J connectivity index is 0.00000256. The van der Waals surface area contributed by atoms with Gasteiger partial charge in [-0.25, -0.2) is 0 Å². The van der Waals surface area contributed by atoms with Crippen LogP contribution in [0.3, 0.4) is 0 Å². The predicted molar refractivity (Wildman–Crippen MR) is 135 cm³/mol. The molecule has 0 amide bonds. The standard InChI is InChI=1S/C24H29N5.HI/c1-25-24(27-17-20-9-6-8-19-7-2-3-11-23(19)20)28-21-12-15-29(16-13-21)18-22-10-4-5-14-26-22;/h2-11,14,21H,12-13,15-18H2,1H3,(H2,25,27,28);1H. The van der Waals surface area contributed by atoms with Gasteiger partial charge in [0.15, 0.2) is 5.96 Å². The lowest BCUT2D eigenvalue weighted by atomic mass is 10.0. The van der Waals surface area contributed by atoms with Gasteiger partial charge in [-0.1, -0.05) is 48.5 Å². The maximum absolute atomic E-state index is 4.44. The van der Waals surface area contributed by atoms with E-state index in [4.69, 9.17) is 0 Å². The fourth-order valence-electron chi connectivity index (χ4n) is 3.97. The molecule has 1 saturated heterocycles. The fourth-order valence-corrected chi connectivity index (χ4v) is 3.97. The van der Waals surface area contributed by atoms with Crippen molar-refractivity contribution in [2.24, 2.45) is 4.99 Å². The number of likely N-dealkylation sites (tertiary alicyclic amines) is 1. The van der Waals surface area contributed by atoms with Gasteiger partial charge in [-0.2, -0.15) is 0 Å². The molecule has 1 aliphatic heterocycles. The Morgan fingerprint density at radius 2 is 1.80 bits per heavy atom. The summed E-state index contributed by atoms with van der Waals surface area (Å²) in [5, 5.41) is 9.66. The van der Waals surface area contributed by atoms with Gasteiger partial charge in [-0.3, -0.25) is 14.9 Å². The molecule has 4 rings (SSSR count). The summed E-state index contributed by atoms with van der Waals surface area (Å²) in [6.07, 6.45) is 4.10. The number of piperidine rings is 1. The number of nitrogens with one attached hydrogen (secondary N) is 2. The summed E-state index contributed by atoms with van der Waals surface area (Å²) in [4.78, 5) is 11.4. The van der Waals surface area contributed by atoms with Crippen molar-refractivity contribution < 1.29 is 0 Å². The number of aliphatic imine (C=N–C) groups is 1. The number of aromatic nitrogens is 1. The number of benzene rings is 2. The Hall–Kier alpha value is -2.19. The van der Waals surface area contributed by atoms with Crippen molar-refractivity contribution >= 4 is 40.7 Å². The van der Waals surface area contributed by atoms with Gasteiger partial charge >= 0.3 is 0 Å². The van der Waals surface area contributed by atoms with Crippen LogP contribution in [0.1, 0.15) is 24.1 Å². The lowest BCUT2D eigenvalue weighted by Crippen LogP contribution is -2.48. The van der Waals surface area contributed by atoms with E-state index in [9.17, 15) is 0 Å². The highest BCUT2D eigenvalue weighted by Gasteiger charge is 2.20. The fraction of sp³-hybridized carbons (Fsp3) is 0.333. The minimum absolute atomic E-state index is 0. The topological polar surface area (TPSA) is 52.6 Å². The first-order valence-electron chi connectivity index (χ1n) is 10.4. The second-order valence-electron chi connectivity index (χ2n) is 7.58. The minimum Gasteiger partial charge on any atom is -0.354 e. The molecule has 30 heavy (non-hydrogen) atoms. The number of halogens is 1. The molecular formula is C24H30IN5. The van der Waals surface area contributed by atoms with Crippen LogP contribution in [0.5, 0.6) is 0 Å². The first kappa shape index (κ1) is 22.5. The summed E-state index contributed by atoms with van der Waals surface area (Å²) in [6.45, 7) is 3.85. The van der Waals surface area contributed by atoms with Crippen molar-refractivity contribution in [1.29, 1.82) is 0 Å². The molecule has 5 nitrogen and oxygen atoms in total. The second-order valence-corrected chi connectivity index (χ2v) is 7.58. The van der Waals surface area contributed by atoms with E-state index in [1.54, 1.807) is 0 Å². The normalized spacial score (nSPS) is 15.6. The Labute approximate surface area is 196 Å². The number of hydrogen-bond donors (Lipinski definition) is 2. The molecule has 0 bridgehead atoms. The van der Waals surface area contributed by atoms with E-state index >= 15 is 0 Å². The van der Waals surface area contributed by atoms with Crippen LogP contribution in [-0.4, -0.2) is 42.0 Å². The molecule has 0 radical (unpaired) electrons. The highest BCUT2D eigenvalue weighted by atomic mass is 127. The van der Waals surface area contributed by atoms with Crippen LogP contribution in [0.25, 0.3) is 10.8 Å². The monoisotopic (exact) mass is 515 g/mol. The second kappa shape index (κ2) is 11.3. The first-order chi connectivity index (χ1) is 14.3. The Kier molecular flexibility index (Phi) is 8.45. The molecule has 2 N–H and O–H groups in total. The molecule has 158 valence electrons. The van der Waals surface area contributed by atoms with Gasteiger partial charge in [-0.15, -0.1) is 24.0 Å². The van der Waals surface area contributed by atoms with Gasteiger partial charge < -0.3 is 10.6 Å². The zero-order chi connectivity index (χ0) is 19.9. The van der Waals surface area contributed by atoms with Crippen molar-refractivity contribution in [3.8, 4) is 0 Å². The summed E-state index contributed by atoms with van der Waals surface area (Å²) in [7, 11) is 1.84. The Bertz CT molecular complexity index is 947. The quantitative estimate of drug-likeness (QED) is 0.304. The molecule has 2 aromatic carbocycles. The summed E-state index contributed by atoms with van der Waals surface area (Å²) >= 11 is 0. The van der Waals surface area contributed by atoms with E-state index in [-0.39, 0.29) is 24.0 Å².